The molecule has 1 fully saturated rings. The fraction of sp³-hybridized carbons (Fsp3) is 0.300. The summed E-state index contributed by atoms with van der Waals surface area (Å²) in [5.41, 5.74) is 3.55. The lowest BCUT2D eigenvalue weighted by molar-refractivity contribution is -0.137. The van der Waals surface area contributed by atoms with Crippen LogP contribution in [0, 0.1) is 20.8 Å². The van der Waals surface area contributed by atoms with Crippen LogP contribution in [0.15, 0.2) is 47.8 Å². The predicted molar refractivity (Wildman–Crippen MR) is 157 cm³/mol. The van der Waals surface area contributed by atoms with E-state index < -0.39 is 35.9 Å². The van der Waals surface area contributed by atoms with Crippen LogP contribution in [0.2, 0.25) is 0 Å². The molecule has 1 amide bonds. The molecule has 5 rings (SSSR count). The first kappa shape index (κ1) is 30.5. The van der Waals surface area contributed by atoms with E-state index in [0.29, 0.717) is 32.7 Å². The van der Waals surface area contributed by atoms with Crippen molar-refractivity contribution in [1.29, 1.82) is 0 Å². The number of aryl methyl sites for hydroxylation is 3. The summed E-state index contributed by atoms with van der Waals surface area (Å²) in [5, 5.41) is 10.5. The highest BCUT2D eigenvalue weighted by atomic mass is 32.2. The third-order valence-electron chi connectivity index (χ3n) is 7.24. The van der Waals surface area contributed by atoms with Crippen LogP contribution in [0.1, 0.15) is 57.0 Å². The van der Waals surface area contributed by atoms with Crippen molar-refractivity contribution in [3.63, 3.8) is 0 Å². The zero-order valence-corrected chi connectivity index (χ0v) is 25.4. The first-order chi connectivity index (χ1) is 20.3. The quantitative estimate of drug-likeness (QED) is 0.164. The van der Waals surface area contributed by atoms with Crippen LogP contribution in [-0.2, 0) is 17.5 Å². The van der Waals surface area contributed by atoms with E-state index in [-0.39, 0.29) is 17.7 Å². The predicted octanol–water partition coefficient (Wildman–Crippen LogP) is 7.71. The summed E-state index contributed by atoms with van der Waals surface area (Å²) in [7, 11) is 0. The first-order valence-electron chi connectivity index (χ1n) is 13.1. The normalized spacial score (nSPS) is 16.9. The van der Waals surface area contributed by atoms with Crippen molar-refractivity contribution in [2.45, 2.75) is 57.7 Å². The van der Waals surface area contributed by atoms with Gasteiger partial charge in [-0.1, -0.05) is 29.5 Å². The zero-order valence-electron chi connectivity index (χ0n) is 23.8. The number of aromatic nitrogens is 3. The van der Waals surface area contributed by atoms with Gasteiger partial charge in [-0.3, -0.25) is 4.90 Å². The van der Waals surface area contributed by atoms with E-state index in [4.69, 9.17) is 14.7 Å². The van der Waals surface area contributed by atoms with Crippen molar-refractivity contribution < 1.29 is 32.6 Å². The Balaban J connectivity index is 1.49. The van der Waals surface area contributed by atoms with Gasteiger partial charge in [0, 0.05) is 17.3 Å². The molecule has 224 valence electrons. The molecule has 0 saturated carbocycles. The van der Waals surface area contributed by atoms with Crippen LogP contribution in [-0.4, -0.2) is 49.3 Å². The molecular formula is C30H27F3N4O4S2. The number of benzene rings is 2. The third kappa shape index (κ3) is 6.09. The number of rotatable bonds is 7. The van der Waals surface area contributed by atoms with Gasteiger partial charge in [0.25, 0.3) is 0 Å². The van der Waals surface area contributed by atoms with E-state index in [1.165, 1.54) is 34.1 Å². The highest BCUT2D eigenvalue weighted by Gasteiger charge is 2.41. The molecule has 2 aromatic heterocycles. The number of carbonyl (C=O) groups excluding carboxylic acids is 1. The summed E-state index contributed by atoms with van der Waals surface area (Å²) in [6, 6.07) is 7.97. The van der Waals surface area contributed by atoms with E-state index in [0.717, 1.165) is 28.1 Å². The molecule has 0 radical (unpaired) electrons. The lowest BCUT2D eigenvalue weighted by atomic mass is 9.98. The molecule has 0 unspecified atom stereocenters. The number of cyclic esters (lactones) is 1. The molecule has 0 aliphatic carbocycles. The third-order valence-corrected chi connectivity index (χ3v) is 9.03. The molecule has 3 heterocycles. The van der Waals surface area contributed by atoms with Crippen LogP contribution in [0.3, 0.4) is 0 Å². The Labute approximate surface area is 254 Å². The topological polar surface area (TPSA) is 106 Å². The van der Waals surface area contributed by atoms with Crippen molar-refractivity contribution in [1.82, 2.24) is 19.9 Å². The second kappa shape index (κ2) is 11.6. The molecule has 4 aromatic rings. The summed E-state index contributed by atoms with van der Waals surface area (Å²) in [4.78, 5) is 40.6. The number of carboxylic acid groups (broad SMARTS) is 1. The van der Waals surface area contributed by atoms with Crippen LogP contribution in [0.5, 0.6) is 0 Å². The molecule has 1 aliphatic rings. The highest BCUT2D eigenvalue weighted by Crippen LogP contribution is 2.41. The minimum atomic E-state index is -4.53. The van der Waals surface area contributed by atoms with Crippen molar-refractivity contribution in [3.8, 4) is 21.0 Å². The van der Waals surface area contributed by atoms with Crippen LogP contribution < -0.4 is 0 Å². The number of alkyl halides is 3. The number of thioether (sulfide) groups is 1. The molecule has 13 heteroatoms. The number of thiazole rings is 1. The lowest BCUT2D eigenvalue weighted by Gasteiger charge is -2.22. The maximum atomic E-state index is 13.5. The van der Waals surface area contributed by atoms with Crippen LogP contribution in [0.4, 0.5) is 18.0 Å². The molecule has 2 aromatic carbocycles. The van der Waals surface area contributed by atoms with Gasteiger partial charge in [-0.2, -0.15) is 13.2 Å². The molecular weight excluding hydrogens is 601 g/mol. The van der Waals surface area contributed by atoms with Gasteiger partial charge in [0.1, 0.15) is 11.1 Å². The smallest absolute Gasteiger partial charge is 0.416 e. The standard InChI is InChI=1S/C30H27F3N4O4S2/c1-14-8-19(11-20(9-14)30(31,32)33)24-17(4)37(29(40)41-24)13-23-22(12-34-28(36-23)42-5)25-16(3)35-26(43-25)21-7-6-18(27(38)39)10-15(21)2/h6-12,17,24H,13H2,1-5H3,(H,38,39)/t17-,24-/m0/s1. The minimum absolute atomic E-state index is 0.0405. The number of nitrogens with zero attached hydrogens (tertiary/aromatic N) is 4. The van der Waals surface area contributed by atoms with Crippen LogP contribution in [0.25, 0.3) is 21.0 Å². The number of halogens is 3. The van der Waals surface area contributed by atoms with Gasteiger partial charge in [0.2, 0.25) is 0 Å². The van der Waals surface area contributed by atoms with Gasteiger partial charge < -0.3 is 9.84 Å². The molecule has 0 spiro atoms. The van der Waals surface area contributed by atoms with Gasteiger partial charge in [-0.25, -0.2) is 24.5 Å². The van der Waals surface area contributed by atoms with E-state index in [2.05, 4.69) is 4.98 Å². The van der Waals surface area contributed by atoms with Crippen molar-refractivity contribution in [2.75, 3.05) is 6.26 Å². The number of carboxylic acids is 1. The van der Waals surface area contributed by atoms with Crippen LogP contribution >= 0.6 is 23.1 Å². The first-order valence-corrected chi connectivity index (χ1v) is 15.2. The van der Waals surface area contributed by atoms with Gasteiger partial charge >= 0.3 is 18.2 Å². The van der Waals surface area contributed by atoms with Crippen molar-refractivity contribution >= 4 is 35.2 Å². The molecule has 1 N–H and O–H groups in total. The van der Waals surface area contributed by atoms with Gasteiger partial charge in [-0.05, 0) is 69.3 Å². The Kier molecular flexibility index (Phi) is 8.23. The average molecular weight is 629 g/mol. The number of ether oxygens (including phenoxy) is 1. The molecule has 2 atom stereocenters. The molecule has 43 heavy (non-hydrogen) atoms. The molecule has 0 bridgehead atoms. The number of amides is 1. The van der Waals surface area contributed by atoms with Gasteiger partial charge in [0.05, 0.1) is 40.0 Å². The average Bonchev–Trinajstić information content (AvgIpc) is 3.46. The summed E-state index contributed by atoms with van der Waals surface area (Å²) in [6.07, 6.45) is -2.57. The fourth-order valence-electron chi connectivity index (χ4n) is 5.07. The van der Waals surface area contributed by atoms with Gasteiger partial charge in [-0.15, -0.1) is 11.3 Å². The largest absolute Gasteiger partial charge is 0.478 e. The van der Waals surface area contributed by atoms with Crippen molar-refractivity contribution in [3.05, 3.63) is 81.8 Å². The highest BCUT2D eigenvalue weighted by molar-refractivity contribution is 7.98. The molecule has 1 saturated heterocycles. The number of hydrogen-bond donors (Lipinski definition) is 1. The summed E-state index contributed by atoms with van der Waals surface area (Å²) in [5.74, 6) is -1.01. The number of carbonyl (C=O) groups is 2. The zero-order chi connectivity index (χ0) is 31.2. The maximum Gasteiger partial charge on any atom is 0.416 e. The van der Waals surface area contributed by atoms with E-state index in [9.17, 15) is 27.9 Å². The summed E-state index contributed by atoms with van der Waals surface area (Å²) in [6.45, 7) is 7.02. The second-order valence-corrected chi connectivity index (χ2v) is 12.1. The second-order valence-electron chi connectivity index (χ2n) is 10.3. The molecule has 8 nitrogen and oxygen atoms in total. The molecule has 1 aliphatic heterocycles. The lowest BCUT2D eigenvalue weighted by Crippen LogP contribution is -2.32. The maximum absolute atomic E-state index is 13.5. The summed E-state index contributed by atoms with van der Waals surface area (Å²) >= 11 is 2.74. The Morgan fingerprint density at radius 2 is 1.86 bits per heavy atom. The van der Waals surface area contributed by atoms with E-state index >= 15 is 0 Å². The van der Waals surface area contributed by atoms with E-state index in [1.54, 1.807) is 38.2 Å². The Morgan fingerprint density at radius 1 is 1.12 bits per heavy atom. The van der Waals surface area contributed by atoms with Crippen molar-refractivity contribution in [2.24, 2.45) is 0 Å². The minimum Gasteiger partial charge on any atom is -0.478 e. The number of hydrogen-bond acceptors (Lipinski definition) is 8. The van der Waals surface area contributed by atoms with E-state index in [1.807, 2.05) is 20.1 Å². The Morgan fingerprint density at radius 3 is 2.51 bits per heavy atom. The summed E-state index contributed by atoms with van der Waals surface area (Å²) < 4.78 is 46.1. The fourth-order valence-corrected chi connectivity index (χ4v) is 6.62. The number of aromatic carboxylic acids is 1. The Hall–Kier alpha value is -3.97. The Bertz CT molecular complexity index is 1740. The SMILES string of the molecule is CSc1ncc(-c2sc(-c3ccc(C(=O)O)cc3C)nc2C)c(CN2C(=O)O[C@H](c3cc(C)cc(C(F)(F)F)c3)[C@@H]2C)n1. The van der Waals surface area contributed by atoms with Gasteiger partial charge in [0.15, 0.2) is 5.16 Å². The monoisotopic (exact) mass is 628 g/mol.